The average molecular weight is 990 g/mol. The number of anilines is 2. The zero-order valence-electron chi connectivity index (χ0n) is 36.0. The average Bonchev–Trinajstić information content (AvgIpc) is 4.04. The molecule has 3 aliphatic heterocycles. The first-order chi connectivity index (χ1) is 31.9. The number of hydrogen-bond donors (Lipinski definition) is 1. The van der Waals surface area contributed by atoms with E-state index < -0.39 is 55.2 Å². The summed E-state index contributed by atoms with van der Waals surface area (Å²) in [4.78, 5) is 2.32. The van der Waals surface area contributed by atoms with Crippen LogP contribution in [0.4, 0.5) is 28.9 Å². The van der Waals surface area contributed by atoms with E-state index in [0.717, 1.165) is 37.4 Å². The molecule has 0 saturated carbocycles. The maximum atomic E-state index is 13.8. The lowest BCUT2D eigenvalue weighted by Gasteiger charge is -2.42. The Labute approximate surface area is 392 Å². The minimum Gasteiger partial charge on any atom is -0.415 e. The third-order valence-electron chi connectivity index (χ3n) is 11.8. The van der Waals surface area contributed by atoms with Crippen molar-refractivity contribution in [3.63, 3.8) is 0 Å². The van der Waals surface area contributed by atoms with Crippen LogP contribution in [0, 0.1) is 0 Å². The fraction of sp³-hybridized carbons (Fsp3) is 0.378. The highest BCUT2D eigenvalue weighted by Crippen LogP contribution is 2.32. The first kappa shape index (κ1) is 49.5. The van der Waals surface area contributed by atoms with Gasteiger partial charge in [0.15, 0.2) is 0 Å². The number of nitrogens with one attached hydrogen (secondary N) is 1. The van der Waals surface area contributed by atoms with Gasteiger partial charge in [0.1, 0.15) is 0 Å². The lowest BCUT2D eigenvalue weighted by atomic mass is 10.1. The van der Waals surface area contributed by atoms with Gasteiger partial charge in [0.05, 0.1) is 54.2 Å². The monoisotopic (exact) mass is 988 g/mol. The van der Waals surface area contributed by atoms with E-state index in [0.29, 0.717) is 67.3 Å². The van der Waals surface area contributed by atoms with Crippen molar-refractivity contribution < 1.29 is 48.0 Å². The Morgan fingerprint density at radius 1 is 0.582 bits per heavy atom. The van der Waals surface area contributed by atoms with Crippen molar-refractivity contribution in [2.24, 2.45) is 0 Å². The van der Waals surface area contributed by atoms with E-state index >= 15 is 0 Å². The highest BCUT2D eigenvalue weighted by Gasteiger charge is 2.38. The summed E-state index contributed by atoms with van der Waals surface area (Å²) in [5.74, 6) is -1.49. The summed E-state index contributed by atoms with van der Waals surface area (Å²) in [5, 5.41) is 16.3. The smallest absolute Gasteiger partial charge is 0.314 e. The van der Waals surface area contributed by atoms with E-state index in [1.54, 1.807) is 84.9 Å². The second-order valence-corrected chi connectivity index (χ2v) is 20.3. The van der Waals surface area contributed by atoms with Crippen LogP contribution >= 0.6 is 12.4 Å². The molecule has 358 valence electrons. The van der Waals surface area contributed by atoms with Gasteiger partial charge in [-0.1, -0.05) is 60.7 Å². The van der Waals surface area contributed by atoms with Crippen molar-refractivity contribution in [2.75, 3.05) is 48.0 Å². The number of piperidine rings is 2. The molecule has 15 nitrogen and oxygen atoms in total. The summed E-state index contributed by atoms with van der Waals surface area (Å²) >= 11 is 0. The summed E-state index contributed by atoms with van der Waals surface area (Å²) in [6, 6.07) is 32.0. The Hall–Kier alpha value is -5.45. The predicted octanol–water partition coefficient (Wildman–Crippen LogP) is 8.06. The molecule has 0 aliphatic carbocycles. The Bertz CT molecular complexity index is 2710. The van der Waals surface area contributed by atoms with Gasteiger partial charge in [-0.15, -0.1) is 32.8 Å². The molecule has 0 atom stereocenters. The van der Waals surface area contributed by atoms with E-state index in [1.165, 1.54) is 8.61 Å². The van der Waals surface area contributed by atoms with E-state index in [9.17, 15) is 34.4 Å². The Morgan fingerprint density at radius 2 is 0.985 bits per heavy atom. The van der Waals surface area contributed by atoms with Crippen LogP contribution in [-0.2, 0) is 37.9 Å². The number of hydrogen-bond acceptors (Lipinski definition) is 13. The van der Waals surface area contributed by atoms with Crippen LogP contribution in [0.3, 0.4) is 0 Å². The minimum absolute atomic E-state index is 0. The first-order valence-electron chi connectivity index (χ1n) is 21.4. The van der Waals surface area contributed by atoms with Crippen molar-refractivity contribution in [3.05, 3.63) is 132 Å². The SMILES string of the molecule is Cl.O=S(=O)(C1CCN(C2COC2)CC1)N(Cc1ccc(-c2nnc(C(F)F)o2)cc1)c1ccccc1.O=S(=O)(C1CCNCC1)N(Cc1ccc(-c2nnc(C(F)F)o2)cc1)c1ccccc1. The molecular formula is C45H49ClF4N8O7S2. The summed E-state index contributed by atoms with van der Waals surface area (Å²) in [6.45, 7) is 4.56. The minimum atomic E-state index is -3.63. The van der Waals surface area contributed by atoms with Crippen molar-refractivity contribution in [1.82, 2.24) is 30.6 Å². The van der Waals surface area contributed by atoms with Gasteiger partial charge >= 0.3 is 12.9 Å². The number of ether oxygens (including phenoxy) is 1. The largest absolute Gasteiger partial charge is 0.415 e. The van der Waals surface area contributed by atoms with Gasteiger partial charge in [0, 0.05) is 11.1 Å². The molecule has 6 aromatic rings. The molecule has 0 bridgehead atoms. The molecule has 2 aromatic heterocycles. The summed E-state index contributed by atoms with van der Waals surface area (Å²) in [5.41, 5.74) is 3.66. The number of rotatable bonds is 15. The standard InChI is InChI=1S/C24H26F2N4O4S.C21H22F2N4O3S.ClH/c25-22(26)24-28-27-23(34-24)18-8-6-17(7-9-18)14-30(19-4-2-1-3-5-19)35(31,32)21-10-12-29(13-11-21)20-15-33-16-20;22-19(23)21-26-25-20(30-21)16-8-6-15(7-9-16)14-27(17-4-2-1-3-5-17)31(28,29)18-10-12-24-13-11-18;/h1-9,20-22H,10-16H2;1-9,18-19,24H,10-14H2;1H. The van der Waals surface area contributed by atoms with Gasteiger partial charge in [-0.05, 0) is 112 Å². The van der Waals surface area contributed by atoms with E-state index in [1.807, 2.05) is 24.3 Å². The molecule has 0 unspecified atom stereocenters. The predicted molar refractivity (Wildman–Crippen MR) is 245 cm³/mol. The van der Waals surface area contributed by atoms with Crippen LogP contribution in [0.2, 0.25) is 0 Å². The second-order valence-electron chi connectivity index (χ2n) is 16.0. The number of para-hydroxylation sites is 2. The van der Waals surface area contributed by atoms with E-state index in [-0.39, 0.29) is 37.3 Å². The van der Waals surface area contributed by atoms with Crippen LogP contribution in [0.5, 0.6) is 0 Å². The Balaban J connectivity index is 0.000000197. The third-order valence-corrected chi connectivity index (χ3v) is 16.3. The summed E-state index contributed by atoms with van der Waals surface area (Å²) < 4.78 is 123. The fourth-order valence-corrected chi connectivity index (χ4v) is 11.8. The Morgan fingerprint density at radius 3 is 1.34 bits per heavy atom. The number of likely N-dealkylation sites (tertiary alicyclic amines) is 1. The van der Waals surface area contributed by atoms with Crippen molar-refractivity contribution in [2.45, 2.75) is 68.2 Å². The van der Waals surface area contributed by atoms with Crippen molar-refractivity contribution >= 4 is 43.8 Å². The quantitative estimate of drug-likeness (QED) is 0.0979. The molecule has 4 aromatic carbocycles. The zero-order chi connectivity index (χ0) is 46.3. The molecule has 0 spiro atoms. The molecule has 3 fully saturated rings. The number of halogens is 5. The van der Waals surface area contributed by atoms with Gasteiger partial charge in [-0.2, -0.15) is 17.6 Å². The molecule has 0 radical (unpaired) electrons. The zero-order valence-corrected chi connectivity index (χ0v) is 38.4. The molecule has 9 rings (SSSR count). The van der Waals surface area contributed by atoms with Crippen LogP contribution in [0.1, 0.15) is 61.4 Å². The number of nitrogens with zero attached hydrogens (tertiary/aromatic N) is 7. The topological polar surface area (TPSA) is 177 Å². The van der Waals surface area contributed by atoms with E-state index in [2.05, 4.69) is 30.6 Å². The molecule has 0 amide bonds. The van der Waals surface area contributed by atoms with Crippen LogP contribution in [-0.4, -0.2) is 98.1 Å². The van der Waals surface area contributed by atoms with Crippen molar-refractivity contribution in [3.8, 4) is 22.9 Å². The maximum Gasteiger partial charge on any atom is 0.314 e. The lowest BCUT2D eigenvalue weighted by Crippen LogP contribution is -2.54. The third kappa shape index (κ3) is 11.8. The van der Waals surface area contributed by atoms with Crippen LogP contribution < -0.4 is 13.9 Å². The van der Waals surface area contributed by atoms with Crippen molar-refractivity contribution in [1.29, 1.82) is 0 Å². The summed E-state index contributed by atoms with van der Waals surface area (Å²) in [6.07, 6.45) is -3.40. The number of aromatic nitrogens is 4. The molecule has 1 N–H and O–H groups in total. The van der Waals surface area contributed by atoms with Gasteiger partial charge in [0.2, 0.25) is 31.8 Å². The molecule has 3 aliphatic rings. The Kier molecular flexibility index (Phi) is 16.3. The van der Waals surface area contributed by atoms with Crippen LogP contribution in [0.15, 0.2) is 118 Å². The second kappa shape index (κ2) is 22.1. The molecule has 67 heavy (non-hydrogen) atoms. The van der Waals surface area contributed by atoms with Gasteiger partial charge in [-0.25, -0.2) is 16.8 Å². The van der Waals surface area contributed by atoms with Gasteiger partial charge in [-0.3, -0.25) is 13.5 Å². The van der Waals surface area contributed by atoms with Crippen LogP contribution in [0.25, 0.3) is 22.9 Å². The molecular weight excluding hydrogens is 940 g/mol. The maximum absolute atomic E-state index is 13.8. The molecule has 5 heterocycles. The first-order valence-corrected chi connectivity index (χ1v) is 24.4. The van der Waals surface area contributed by atoms with Gasteiger partial charge in [0.25, 0.3) is 11.8 Å². The fourth-order valence-electron chi connectivity index (χ4n) is 7.99. The number of alkyl halides is 4. The number of benzene rings is 4. The molecule has 22 heteroatoms. The molecule has 3 saturated heterocycles. The highest BCUT2D eigenvalue weighted by molar-refractivity contribution is 7.93. The normalized spacial score (nSPS) is 16.5. The lowest BCUT2D eigenvalue weighted by molar-refractivity contribution is -0.0695. The summed E-state index contributed by atoms with van der Waals surface area (Å²) in [7, 11) is -7.21. The van der Waals surface area contributed by atoms with E-state index in [4.69, 9.17) is 13.6 Å². The highest BCUT2D eigenvalue weighted by atomic mass is 35.5. The number of sulfonamides is 2. The van der Waals surface area contributed by atoms with Gasteiger partial charge < -0.3 is 18.9 Å².